The van der Waals surface area contributed by atoms with Crippen LogP contribution in [-0.4, -0.2) is 27.1 Å². The van der Waals surface area contributed by atoms with Crippen molar-refractivity contribution < 1.29 is 9.90 Å². The molecule has 1 aromatic heterocycles. The number of rotatable bonds is 5. The molecular weight excluding hydrogens is 262 g/mol. The van der Waals surface area contributed by atoms with Crippen LogP contribution in [0.15, 0.2) is 35.5 Å². The Bertz CT molecular complexity index is 595. The summed E-state index contributed by atoms with van der Waals surface area (Å²) in [4.78, 5) is 12.1. The molecule has 0 aliphatic heterocycles. The van der Waals surface area contributed by atoms with E-state index < -0.39 is 5.97 Å². The third-order valence-electron chi connectivity index (χ3n) is 2.70. The van der Waals surface area contributed by atoms with Crippen LogP contribution in [0, 0.1) is 0 Å². The van der Waals surface area contributed by atoms with Crippen LogP contribution in [0.3, 0.4) is 0 Å². The zero-order valence-corrected chi connectivity index (χ0v) is 11.6. The Labute approximate surface area is 115 Å². The molecule has 0 unspecified atom stereocenters. The zero-order chi connectivity index (χ0) is 13.8. The third-order valence-corrected chi connectivity index (χ3v) is 3.48. The lowest BCUT2D eigenvalue weighted by atomic mass is 10.1. The summed E-state index contributed by atoms with van der Waals surface area (Å²) >= 11 is 1.43. The first kappa shape index (κ1) is 13.5. The van der Waals surface area contributed by atoms with Gasteiger partial charge in [-0.1, -0.05) is 6.07 Å². The number of aryl methyl sites for hydroxylation is 1. The Hall–Kier alpha value is -1.95. The lowest BCUT2D eigenvalue weighted by Gasteiger charge is -2.11. The van der Waals surface area contributed by atoms with Crippen LogP contribution in [0.5, 0.6) is 0 Å². The Morgan fingerprint density at radius 3 is 2.89 bits per heavy atom. The Balaban J connectivity index is 2.22. The summed E-state index contributed by atoms with van der Waals surface area (Å²) in [5.41, 5.74) is 1.95. The number of carbonyl (C=O) groups is 1. The van der Waals surface area contributed by atoms with E-state index in [-0.39, 0.29) is 0 Å². The monoisotopic (exact) mass is 277 g/mol. The van der Waals surface area contributed by atoms with Crippen LogP contribution in [-0.2, 0) is 13.6 Å². The number of nitrogens with zero attached hydrogens (tertiary/aromatic N) is 2. The maximum Gasteiger partial charge on any atom is 0.338 e. The molecule has 0 atom stereocenters. The van der Waals surface area contributed by atoms with E-state index in [9.17, 15) is 9.90 Å². The van der Waals surface area contributed by atoms with Gasteiger partial charge in [0, 0.05) is 30.2 Å². The molecule has 19 heavy (non-hydrogen) atoms. The lowest BCUT2D eigenvalue weighted by molar-refractivity contribution is 0.0694. The van der Waals surface area contributed by atoms with Crippen molar-refractivity contribution in [1.82, 2.24) is 9.78 Å². The standard InChI is InChI=1S/C13H15N3O2S/c1-16-8-9(7-15-16)6-14-10-4-3-5-11(19-2)12(10)13(17)18/h3-5,7-8,14H,6H2,1-2H3,(H,17,18). The smallest absolute Gasteiger partial charge is 0.338 e. The van der Waals surface area contributed by atoms with Crippen molar-refractivity contribution in [2.75, 3.05) is 11.6 Å². The van der Waals surface area contributed by atoms with Gasteiger partial charge in [-0.2, -0.15) is 5.10 Å². The van der Waals surface area contributed by atoms with Crippen molar-refractivity contribution >= 4 is 23.4 Å². The quantitative estimate of drug-likeness (QED) is 0.822. The molecule has 1 heterocycles. The van der Waals surface area contributed by atoms with Crippen molar-refractivity contribution in [2.45, 2.75) is 11.4 Å². The highest BCUT2D eigenvalue weighted by Gasteiger charge is 2.14. The molecule has 2 aromatic rings. The molecule has 0 saturated heterocycles. The van der Waals surface area contributed by atoms with Crippen LogP contribution in [0.2, 0.25) is 0 Å². The van der Waals surface area contributed by atoms with E-state index in [0.717, 1.165) is 10.5 Å². The SMILES string of the molecule is CSc1cccc(NCc2cnn(C)c2)c1C(=O)O. The largest absolute Gasteiger partial charge is 0.478 e. The molecule has 0 aliphatic rings. The van der Waals surface area contributed by atoms with Gasteiger partial charge in [-0.15, -0.1) is 11.8 Å². The van der Waals surface area contributed by atoms with E-state index in [4.69, 9.17) is 0 Å². The van der Waals surface area contributed by atoms with Gasteiger partial charge in [0.2, 0.25) is 0 Å². The van der Waals surface area contributed by atoms with Crippen LogP contribution in [0.25, 0.3) is 0 Å². The number of carboxylic acids is 1. The molecule has 100 valence electrons. The normalized spacial score (nSPS) is 10.4. The minimum absolute atomic E-state index is 0.318. The maximum atomic E-state index is 11.3. The summed E-state index contributed by atoms with van der Waals surface area (Å²) < 4.78 is 1.72. The fraction of sp³-hybridized carbons (Fsp3) is 0.231. The molecule has 2 N–H and O–H groups in total. The molecule has 0 radical (unpaired) electrons. The van der Waals surface area contributed by atoms with Gasteiger partial charge in [0.25, 0.3) is 0 Å². The van der Waals surface area contributed by atoms with E-state index in [1.165, 1.54) is 11.8 Å². The second-order valence-corrected chi connectivity index (χ2v) is 4.91. The molecule has 0 aliphatic carbocycles. The molecule has 0 bridgehead atoms. The van der Waals surface area contributed by atoms with E-state index >= 15 is 0 Å². The van der Waals surface area contributed by atoms with Gasteiger partial charge in [-0.3, -0.25) is 4.68 Å². The lowest BCUT2D eigenvalue weighted by Crippen LogP contribution is -2.07. The second kappa shape index (κ2) is 5.79. The molecule has 0 spiro atoms. The number of anilines is 1. The number of nitrogens with one attached hydrogen (secondary N) is 1. The number of aromatic carboxylic acids is 1. The predicted molar refractivity (Wildman–Crippen MR) is 75.7 cm³/mol. The van der Waals surface area contributed by atoms with Gasteiger partial charge in [0.15, 0.2) is 0 Å². The highest BCUT2D eigenvalue weighted by Crippen LogP contribution is 2.27. The molecule has 2 rings (SSSR count). The molecule has 5 nitrogen and oxygen atoms in total. The summed E-state index contributed by atoms with van der Waals surface area (Å²) in [5, 5.41) is 16.5. The van der Waals surface area contributed by atoms with Crippen molar-refractivity contribution in [3.8, 4) is 0 Å². The second-order valence-electron chi connectivity index (χ2n) is 4.06. The maximum absolute atomic E-state index is 11.3. The summed E-state index contributed by atoms with van der Waals surface area (Å²) in [6.45, 7) is 0.548. The van der Waals surface area contributed by atoms with Gasteiger partial charge < -0.3 is 10.4 Å². The van der Waals surface area contributed by atoms with Crippen LogP contribution in [0.4, 0.5) is 5.69 Å². The van der Waals surface area contributed by atoms with E-state index in [1.807, 2.05) is 31.6 Å². The van der Waals surface area contributed by atoms with Crippen LogP contribution < -0.4 is 5.32 Å². The van der Waals surface area contributed by atoms with Gasteiger partial charge in [0.1, 0.15) is 0 Å². The molecule has 1 aromatic carbocycles. The average Bonchev–Trinajstić information content (AvgIpc) is 2.81. The number of benzene rings is 1. The fourth-order valence-electron chi connectivity index (χ4n) is 1.83. The Kier molecular flexibility index (Phi) is 4.11. The molecule has 0 amide bonds. The molecule has 6 heteroatoms. The minimum Gasteiger partial charge on any atom is -0.478 e. The first-order valence-corrected chi connectivity index (χ1v) is 6.96. The summed E-state index contributed by atoms with van der Waals surface area (Å²) in [6.07, 6.45) is 5.52. The van der Waals surface area contributed by atoms with Gasteiger partial charge in [-0.05, 0) is 18.4 Å². The number of aromatic nitrogens is 2. The van der Waals surface area contributed by atoms with Crippen molar-refractivity contribution in [3.05, 3.63) is 41.7 Å². The van der Waals surface area contributed by atoms with Gasteiger partial charge in [0.05, 0.1) is 17.4 Å². The highest BCUT2D eigenvalue weighted by atomic mass is 32.2. The number of hydrogen-bond donors (Lipinski definition) is 2. The van der Waals surface area contributed by atoms with Crippen molar-refractivity contribution in [1.29, 1.82) is 0 Å². The van der Waals surface area contributed by atoms with Gasteiger partial charge in [-0.25, -0.2) is 4.79 Å². The predicted octanol–water partition coefficient (Wildman–Crippen LogP) is 2.45. The summed E-state index contributed by atoms with van der Waals surface area (Å²) in [6, 6.07) is 5.44. The zero-order valence-electron chi connectivity index (χ0n) is 10.8. The molecule has 0 saturated carbocycles. The molecule has 0 fully saturated rings. The first-order chi connectivity index (χ1) is 9.11. The number of hydrogen-bond acceptors (Lipinski definition) is 4. The first-order valence-electron chi connectivity index (χ1n) is 5.73. The minimum atomic E-state index is -0.918. The third kappa shape index (κ3) is 3.08. The average molecular weight is 277 g/mol. The van der Waals surface area contributed by atoms with Crippen LogP contribution in [0.1, 0.15) is 15.9 Å². The Morgan fingerprint density at radius 1 is 1.53 bits per heavy atom. The van der Waals surface area contributed by atoms with Crippen LogP contribution >= 0.6 is 11.8 Å². The summed E-state index contributed by atoms with van der Waals surface area (Å²) in [7, 11) is 1.85. The topological polar surface area (TPSA) is 67.2 Å². The van der Waals surface area contributed by atoms with Crippen molar-refractivity contribution in [2.24, 2.45) is 7.05 Å². The number of thioether (sulfide) groups is 1. The molecular formula is C13H15N3O2S. The highest BCUT2D eigenvalue weighted by molar-refractivity contribution is 7.98. The fourth-order valence-corrected chi connectivity index (χ4v) is 2.45. The van der Waals surface area contributed by atoms with Gasteiger partial charge >= 0.3 is 5.97 Å². The van der Waals surface area contributed by atoms with E-state index in [0.29, 0.717) is 17.8 Å². The van der Waals surface area contributed by atoms with Crippen molar-refractivity contribution in [3.63, 3.8) is 0 Å². The van der Waals surface area contributed by atoms with E-state index in [1.54, 1.807) is 16.9 Å². The van der Waals surface area contributed by atoms with E-state index in [2.05, 4.69) is 10.4 Å². The summed E-state index contributed by atoms with van der Waals surface area (Å²) in [5.74, 6) is -0.918. The number of carboxylic acid groups (broad SMARTS) is 1. The Morgan fingerprint density at radius 2 is 2.32 bits per heavy atom.